The maximum atomic E-state index is 12.0. The number of benzene rings is 1. The van der Waals surface area contributed by atoms with Crippen LogP contribution < -0.4 is 10.2 Å². The first-order valence-corrected chi connectivity index (χ1v) is 7.42. The molecule has 2 rings (SSSR count). The maximum Gasteiger partial charge on any atom is 0.336 e. The normalized spacial score (nSPS) is 15.2. The van der Waals surface area contributed by atoms with E-state index >= 15 is 0 Å². The summed E-state index contributed by atoms with van der Waals surface area (Å²) in [5, 5.41) is 12.2. The van der Waals surface area contributed by atoms with Crippen molar-refractivity contribution in [1.82, 2.24) is 5.32 Å². The van der Waals surface area contributed by atoms with Gasteiger partial charge in [0.05, 0.1) is 12.1 Å². The van der Waals surface area contributed by atoms with E-state index in [1.54, 1.807) is 12.1 Å². The van der Waals surface area contributed by atoms with Crippen LogP contribution in [0, 0.1) is 0 Å². The van der Waals surface area contributed by atoms with Gasteiger partial charge in [0.1, 0.15) is 0 Å². The minimum Gasteiger partial charge on any atom is -0.478 e. The second-order valence-corrected chi connectivity index (χ2v) is 5.51. The summed E-state index contributed by atoms with van der Waals surface area (Å²) in [5.74, 6) is -0.921. The fourth-order valence-electron chi connectivity index (χ4n) is 2.66. The number of aromatic carboxylic acids is 1. The first kappa shape index (κ1) is 15.4. The van der Waals surface area contributed by atoms with Crippen LogP contribution in [-0.4, -0.2) is 36.1 Å². The van der Waals surface area contributed by atoms with E-state index in [1.807, 2.05) is 24.8 Å². The van der Waals surface area contributed by atoms with Crippen molar-refractivity contribution >= 4 is 17.6 Å². The Morgan fingerprint density at radius 2 is 2.19 bits per heavy atom. The average Bonchev–Trinajstić information content (AvgIpc) is 2.46. The zero-order chi connectivity index (χ0) is 15.4. The molecule has 0 aliphatic carbocycles. The van der Waals surface area contributed by atoms with E-state index in [4.69, 9.17) is 0 Å². The summed E-state index contributed by atoms with van der Waals surface area (Å²) in [6.45, 7) is 5.06. The monoisotopic (exact) mass is 290 g/mol. The zero-order valence-electron chi connectivity index (χ0n) is 12.6. The predicted octanol–water partition coefficient (Wildman–Crippen LogP) is 2.05. The summed E-state index contributed by atoms with van der Waals surface area (Å²) in [4.78, 5) is 25.3. The number of hydrogen-bond acceptors (Lipinski definition) is 3. The average molecular weight is 290 g/mol. The lowest BCUT2D eigenvalue weighted by molar-refractivity contribution is -0.120. The lowest BCUT2D eigenvalue weighted by Gasteiger charge is -2.31. The van der Waals surface area contributed by atoms with E-state index in [2.05, 4.69) is 5.32 Å². The third kappa shape index (κ3) is 3.54. The number of nitrogens with one attached hydrogen (secondary N) is 1. The molecule has 1 amide bonds. The number of carboxylic acids is 1. The molecule has 1 aromatic carbocycles. The molecule has 1 aliphatic rings. The van der Waals surface area contributed by atoms with Crippen LogP contribution in [0.5, 0.6) is 0 Å². The van der Waals surface area contributed by atoms with Crippen LogP contribution in [0.25, 0.3) is 0 Å². The van der Waals surface area contributed by atoms with Gasteiger partial charge in [-0.15, -0.1) is 0 Å². The van der Waals surface area contributed by atoms with Crippen LogP contribution in [0.4, 0.5) is 5.69 Å². The van der Waals surface area contributed by atoms with Gasteiger partial charge in [-0.2, -0.15) is 0 Å². The standard InChI is InChI=1S/C16H22N2O3/c1-3-11(2)17-15(19)10-18-9-5-7-12-13(16(20)21)6-4-8-14(12)18/h4,6,8,11H,3,5,7,9-10H2,1-2H3,(H,17,19)(H,20,21). The molecule has 1 atom stereocenters. The molecular weight excluding hydrogens is 268 g/mol. The van der Waals surface area contributed by atoms with Crippen LogP contribution in [0.1, 0.15) is 42.6 Å². The number of amides is 1. The number of carbonyl (C=O) groups is 2. The van der Waals surface area contributed by atoms with E-state index < -0.39 is 5.97 Å². The van der Waals surface area contributed by atoms with Crippen molar-refractivity contribution in [2.75, 3.05) is 18.0 Å². The number of carbonyl (C=O) groups excluding carboxylic acids is 1. The van der Waals surface area contributed by atoms with Crippen LogP contribution in [0.2, 0.25) is 0 Å². The van der Waals surface area contributed by atoms with Crippen LogP contribution >= 0.6 is 0 Å². The molecule has 0 radical (unpaired) electrons. The van der Waals surface area contributed by atoms with Gasteiger partial charge in [0, 0.05) is 18.3 Å². The van der Waals surface area contributed by atoms with Crippen molar-refractivity contribution in [2.45, 2.75) is 39.2 Å². The molecule has 0 bridgehead atoms. The highest BCUT2D eigenvalue weighted by Gasteiger charge is 2.23. The minimum absolute atomic E-state index is 0.0158. The Bertz CT molecular complexity index is 542. The lowest BCUT2D eigenvalue weighted by atomic mass is 9.96. The van der Waals surface area contributed by atoms with Crippen LogP contribution in [-0.2, 0) is 11.2 Å². The number of rotatable bonds is 5. The highest BCUT2D eigenvalue weighted by atomic mass is 16.4. The van der Waals surface area contributed by atoms with E-state index in [0.29, 0.717) is 5.56 Å². The second-order valence-electron chi connectivity index (χ2n) is 5.51. The molecule has 1 aromatic rings. The van der Waals surface area contributed by atoms with Crippen molar-refractivity contribution in [3.8, 4) is 0 Å². The summed E-state index contributed by atoms with van der Waals surface area (Å²) in [5.41, 5.74) is 2.06. The smallest absolute Gasteiger partial charge is 0.336 e. The second kappa shape index (κ2) is 6.61. The molecule has 0 fully saturated rings. The molecular formula is C16H22N2O3. The largest absolute Gasteiger partial charge is 0.478 e. The number of carboxylic acid groups (broad SMARTS) is 1. The van der Waals surface area contributed by atoms with E-state index in [1.165, 1.54) is 0 Å². The van der Waals surface area contributed by atoms with E-state index in [9.17, 15) is 14.7 Å². The molecule has 0 spiro atoms. The van der Waals surface area contributed by atoms with E-state index in [0.717, 1.165) is 37.1 Å². The molecule has 1 unspecified atom stereocenters. The summed E-state index contributed by atoms with van der Waals surface area (Å²) in [7, 11) is 0. The highest BCUT2D eigenvalue weighted by Crippen LogP contribution is 2.29. The number of anilines is 1. The zero-order valence-corrected chi connectivity index (χ0v) is 12.6. The molecule has 1 aliphatic heterocycles. The van der Waals surface area contributed by atoms with Crippen LogP contribution in [0.3, 0.4) is 0 Å². The van der Waals surface area contributed by atoms with Gasteiger partial charge in [0.25, 0.3) is 0 Å². The number of hydrogen-bond donors (Lipinski definition) is 2. The number of fused-ring (bicyclic) bond motifs is 1. The van der Waals surface area contributed by atoms with Crippen molar-refractivity contribution < 1.29 is 14.7 Å². The number of nitrogens with zero attached hydrogens (tertiary/aromatic N) is 1. The van der Waals surface area contributed by atoms with Gasteiger partial charge in [0.2, 0.25) is 5.91 Å². The Morgan fingerprint density at radius 1 is 1.43 bits per heavy atom. The van der Waals surface area contributed by atoms with Crippen molar-refractivity contribution in [3.05, 3.63) is 29.3 Å². The Kier molecular flexibility index (Phi) is 4.83. The summed E-state index contributed by atoms with van der Waals surface area (Å²) < 4.78 is 0. The molecule has 0 aromatic heterocycles. The van der Waals surface area contributed by atoms with Crippen molar-refractivity contribution in [3.63, 3.8) is 0 Å². The Balaban J connectivity index is 2.17. The fraction of sp³-hybridized carbons (Fsp3) is 0.500. The summed E-state index contributed by atoms with van der Waals surface area (Å²) >= 11 is 0. The van der Waals surface area contributed by atoms with Gasteiger partial charge in [-0.05, 0) is 43.9 Å². The Morgan fingerprint density at radius 3 is 2.86 bits per heavy atom. The van der Waals surface area contributed by atoms with Gasteiger partial charge in [-0.3, -0.25) is 4.79 Å². The minimum atomic E-state index is -0.905. The first-order valence-electron chi connectivity index (χ1n) is 7.42. The molecule has 0 saturated carbocycles. The van der Waals surface area contributed by atoms with Gasteiger partial charge < -0.3 is 15.3 Å². The third-order valence-corrected chi connectivity index (χ3v) is 3.93. The molecule has 5 heteroatoms. The Labute approximate surface area is 125 Å². The molecule has 21 heavy (non-hydrogen) atoms. The highest BCUT2D eigenvalue weighted by molar-refractivity contribution is 5.92. The van der Waals surface area contributed by atoms with Crippen LogP contribution in [0.15, 0.2) is 18.2 Å². The van der Waals surface area contributed by atoms with Crippen molar-refractivity contribution in [2.24, 2.45) is 0 Å². The molecule has 5 nitrogen and oxygen atoms in total. The maximum absolute atomic E-state index is 12.0. The van der Waals surface area contributed by atoms with E-state index in [-0.39, 0.29) is 18.5 Å². The van der Waals surface area contributed by atoms with Gasteiger partial charge in [-0.25, -0.2) is 4.79 Å². The van der Waals surface area contributed by atoms with Gasteiger partial charge >= 0.3 is 5.97 Å². The van der Waals surface area contributed by atoms with Crippen molar-refractivity contribution in [1.29, 1.82) is 0 Å². The molecule has 1 heterocycles. The lowest BCUT2D eigenvalue weighted by Crippen LogP contribution is -2.42. The predicted molar refractivity (Wildman–Crippen MR) is 81.8 cm³/mol. The van der Waals surface area contributed by atoms with Gasteiger partial charge in [-0.1, -0.05) is 13.0 Å². The molecule has 114 valence electrons. The van der Waals surface area contributed by atoms with Gasteiger partial charge in [0.15, 0.2) is 0 Å². The third-order valence-electron chi connectivity index (χ3n) is 3.93. The Hall–Kier alpha value is -2.04. The first-order chi connectivity index (χ1) is 10.0. The summed E-state index contributed by atoms with van der Waals surface area (Å²) in [6, 6.07) is 5.43. The quantitative estimate of drug-likeness (QED) is 0.871. The molecule has 0 saturated heterocycles. The fourth-order valence-corrected chi connectivity index (χ4v) is 2.66. The summed E-state index contributed by atoms with van der Waals surface area (Å²) in [6.07, 6.45) is 2.51. The SMILES string of the molecule is CCC(C)NC(=O)CN1CCCc2c(C(=O)O)cccc21. The molecule has 2 N–H and O–H groups in total. The topological polar surface area (TPSA) is 69.6 Å².